The number of methoxy groups -OCH3 is 3. The summed E-state index contributed by atoms with van der Waals surface area (Å²) in [4.78, 5) is 0. The number of ether oxygens (including phenoxy) is 3. The lowest BCUT2D eigenvalue weighted by Gasteiger charge is -2.24. The van der Waals surface area contributed by atoms with E-state index in [-0.39, 0.29) is 0 Å². The van der Waals surface area contributed by atoms with E-state index >= 15 is 0 Å². The molecule has 0 N–H and O–H groups in total. The first-order chi connectivity index (χ1) is 10.2. The molecule has 0 aromatic heterocycles. The summed E-state index contributed by atoms with van der Waals surface area (Å²) >= 11 is 10.8. The van der Waals surface area contributed by atoms with Gasteiger partial charge in [0.2, 0.25) is 0 Å². The zero-order valence-corrected chi connectivity index (χ0v) is 17.4. The summed E-state index contributed by atoms with van der Waals surface area (Å²) in [6.07, 6.45) is 0. The SMILES string of the molecule is COCc1c(CBr)c(COC)c(CBr)c(COC)c1CBr. The molecule has 0 saturated carbocycles. The van der Waals surface area contributed by atoms with E-state index < -0.39 is 0 Å². The lowest BCUT2D eigenvalue weighted by Crippen LogP contribution is -2.13. The van der Waals surface area contributed by atoms with E-state index in [0.717, 1.165) is 16.0 Å². The van der Waals surface area contributed by atoms with Gasteiger partial charge in [-0.3, -0.25) is 0 Å². The van der Waals surface area contributed by atoms with E-state index in [1.165, 1.54) is 33.4 Å². The Morgan fingerprint density at radius 3 is 0.905 bits per heavy atom. The summed E-state index contributed by atoms with van der Waals surface area (Å²) in [5, 5.41) is 2.33. The van der Waals surface area contributed by atoms with Crippen LogP contribution in [0.2, 0.25) is 0 Å². The van der Waals surface area contributed by atoms with Crippen molar-refractivity contribution in [1.29, 1.82) is 0 Å². The molecule has 120 valence electrons. The van der Waals surface area contributed by atoms with Gasteiger partial charge in [-0.25, -0.2) is 0 Å². The van der Waals surface area contributed by atoms with Crippen LogP contribution in [0.4, 0.5) is 0 Å². The molecule has 0 bridgehead atoms. The van der Waals surface area contributed by atoms with Crippen LogP contribution in [0.5, 0.6) is 0 Å². The molecule has 0 fully saturated rings. The third-order valence-corrected chi connectivity index (χ3v) is 5.13. The average Bonchev–Trinajstić information content (AvgIpc) is 2.49. The van der Waals surface area contributed by atoms with Gasteiger partial charge in [-0.1, -0.05) is 47.8 Å². The topological polar surface area (TPSA) is 27.7 Å². The fraction of sp³-hybridized carbons (Fsp3) is 0.600. The molecule has 0 aliphatic rings. The van der Waals surface area contributed by atoms with Gasteiger partial charge in [0.25, 0.3) is 0 Å². The van der Waals surface area contributed by atoms with Gasteiger partial charge in [-0.05, 0) is 33.4 Å². The molecular weight excluding hydrogens is 468 g/mol. The first kappa shape index (κ1) is 19.6. The quantitative estimate of drug-likeness (QED) is 0.467. The smallest absolute Gasteiger partial charge is 0.0719 e. The summed E-state index contributed by atoms with van der Waals surface area (Å²) in [6.45, 7) is 1.74. The third kappa shape index (κ3) is 4.52. The fourth-order valence-electron chi connectivity index (χ4n) is 2.53. The highest BCUT2D eigenvalue weighted by molar-refractivity contribution is 9.09. The Bertz CT molecular complexity index is 376. The average molecular weight is 489 g/mol. The maximum atomic E-state index is 5.42. The zero-order chi connectivity index (χ0) is 15.8. The minimum Gasteiger partial charge on any atom is -0.380 e. The van der Waals surface area contributed by atoms with Gasteiger partial charge in [-0.2, -0.15) is 0 Å². The molecule has 21 heavy (non-hydrogen) atoms. The fourth-order valence-corrected chi connectivity index (χ4v) is 4.56. The molecule has 6 heteroatoms. The molecule has 0 aliphatic carbocycles. The Morgan fingerprint density at radius 1 is 0.524 bits per heavy atom. The second-order valence-electron chi connectivity index (χ2n) is 4.57. The van der Waals surface area contributed by atoms with Gasteiger partial charge in [-0.15, -0.1) is 0 Å². The van der Waals surface area contributed by atoms with Gasteiger partial charge >= 0.3 is 0 Å². The number of hydrogen-bond donors (Lipinski definition) is 0. The first-order valence-electron chi connectivity index (χ1n) is 6.51. The van der Waals surface area contributed by atoms with Gasteiger partial charge in [0.15, 0.2) is 0 Å². The van der Waals surface area contributed by atoms with Crippen molar-refractivity contribution in [2.45, 2.75) is 35.8 Å². The molecule has 1 rings (SSSR count). The molecule has 3 nitrogen and oxygen atoms in total. The molecule has 0 aliphatic heterocycles. The van der Waals surface area contributed by atoms with Crippen molar-refractivity contribution < 1.29 is 14.2 Å². The van der Waals surface area contributed by atoms with Gasteiger partial charge in [0.1, 0.15) is 0 Å². The molecule has 0 saturated heterocycles. The Labute approximate surface area is 152 Å². The van der Waals surface area contributed by atoms with Crippen LogP contribution in [0.15, 0.2) is 0 Å². The Kier molecular flexibility index (Phi) is 9.64. The van der Waals surface area contributed by atoms with E-state index in [2.05, 4.69) is 47.8 Å². The highest BCUT2D eigenvalue weighted by Crippen LogP contribution is 2.34. The van der Waals surface area contributed by atoms with Crippen molar-refractivity contribution >= 4 is 47.8 Å². The van der Waals surface area contributed by atoms with Gasteiger partial charge in [0.05, 0.1) is 19.8 Å². The minimum atomic E-state index is 0.581. The highest BCUT2D eigenvalue weighted by atomic mass is 79.9. The van der Waals surface area contributed by atoms with E-state index in [1.54, 1.807) is 21.3 Å². The molecule has 1 aromatic rings. The van der Waals surface area contributed by atoms with Gasteiger partial charge in [0, 0.05) is 37.3 Å². The Morgan fingerprint density at radius 2 is 0.762 bits per heavy atom. The number of benzene rings is 1. The number of alkyl halides is 3. The molecule has 0 atom stereocenters. The van der Waals surface area contributed by atoms with Crippen molar-refractivity contribution in [2.75, 3.05) is 21.3 Å². The van der Waals surface area contributed by atoms with E-state index in [0.29, 0.717) is 19.8 Å². The van der Waals surface area contributed by atoms with Crippen LogP contribution in [0.1, 0.15) is 33.4 Å². The van der Waals surface area contributed by atoms with E-state index in [9.17, 15) is 0 Å². The van der Waals surface area contributed by atoms with Crippen LogP contribution in [0, 0.1) is 0 Å². The Balaban J connectivity index is 3.67. The van der Waals surface area contributed by atoms with Crippen molar-refractivity contribution in [3.05, 3.63) is 33.4 Å². The number of rotatable bonds is 9. The van der Waals surface area contributed by atoms with Crippen LogP contribution in [0.3, 0.4) is 0 Å². The standard InChI is InChI=1S/C15H21Br3O3/c1-19-7-13-10(4-16)14(8-20-2)12(6-18)15(9-21-3)11(13)5-17/h4-9H2,1-3H3. The van der Waals surface area contributed by atoms with Crippen LogP contribution >= 0.6 is 47.8 Å². The molecule has 0 amide bonds. The predicted octanol–water partition coefficient (Wildman–Crippen LogP) is 4.81. The maximum Gasteiger partial charge on any atom is 0.0719 e. The molecular formula is C15H21Br3O3. The molecule has 1 aromatic carbocycles. The van der Waals surface area contributed by atoms with Crippen LogP contribution in [0.25, 0.3) is 0 Å². The molecule has 0 unspecified atom stereocenters. The minimum absolute atomic E-state index is 0.581. The second-order valence-corrected chi connectivity index (χ2v) is 6.25. The maximum absolute atomic E-state index is 5.42. The number of halogens is 3. The summed E-state index contributed by atoms with van der Waals surface area (Å²) in [5.41, 5.74) is 7.41. The third-order valence-electron chi connectivity index (χ3n) is 3.45. The molecule has 0 radical (unpaired) electrons. The van der Waals surface area contributed by atoms with Gasteiger partial charge < -0.3 is 14.2 Å². The monoisotopic (exact) mass is 486 g/mol. The largest absolute Gasteiger partial charge is 0.380 e. The summed E-state index contributed by atoms with van der Waals surface area (Å²) in [6, 6.07) is 0. The van der Waals surface area contributed by atoms with Crippen LogP contribution in [-0.4, -0.2) is 21.3 Å². The van der Waals surface area contributed by atoms with Crippen molar-refractivity contribution in [3.63, 3.8) is 0 Å². The summed E-state index contributed by atoms with van der Waals surface area (Å²) < 4.78 is 16.3. The summed E-state index contributed by atoms with van der Waals surface area (Å²) in [7, 11) is 5.17. The molecule has 0 heterocycles. The predicted molar refractivity (Wildman–Crippen MR) is 96.5 cm³/mol. The van der Waals surface area contributed by atoms with Crippen molar-refractivity contribution in [3.8, 4) is 0 Å². The van der Waals surface area contributed by atoms with Crippen molar-refractivity contribution in [2.24, 2.45) is 0 Å². The second kappa shape index (κ2) is 10.3. The summed E-state index contributed by atoms with van der Waals surface area (Å²) in [5.74, 6) is 0. The van der Waals surface area contributed by atoms with E-state index in [4.69, 9.17) is 14.2 Å². The van der Waals surface area contributed by atoms with Crippen LogP contribution in [-0.2, 0) is 50.0 Å². The first-order valence-corrected chi connectivity index (χ1v) is 9.88. The lowest BCUT2D eigenvalue weighted by atomic mass is 9.89. The zero-order valence-electron chi connectivity index (χ0n) is 12.6. The molecule has 0 spiro atoms. The number of hydrogen-bond acceptors (Lipinski definition) is 3. The van der Waals surface area contributed by atoms with Crippen molar-refractivity contribution in [1.82, 2.24) is 0 Å². The Hall–Kier alpha value is 0.540. The lowest BCUT2D eigenvalue weighted by molar-refractivity contribution is 0.172. The van der Waals surface area contributed by atoms with Crippen LogP contribution < -0.4 is 0 Å². The normalized spacial score (nSPS) is 11.1. The highest BCUT2D eigenvalue weighted by Gasteiger charge is 2.21. The van der Waals surface area contributed by atoms with E-state index in [1.807, 2.05) is 0 Å².